The summed E-state index contributed by atoms with van der Waals surface area (Å²) in [5, 5.41) is 0.411. The Bertz CT molecular complexity index is 1080. The van der Waals surface area contributed by atoms with Crippen molar-refractivity contribution in [1.82, 2.24) is 9.88 Å². The molecule has 4 rings (SSSR count). The number of fused-ring (bicyclic) bond motifs is 1. The van der Waals surface area contributed by atoms with E-state index in [0.29, 0.717) is 31.5 Å². The fraction of sp³-hybridized carbons (Fsp3) is 0.250. The molecule has 0 atom stereocenters. The highest BCUT2D eigenvalue weighted by atomic mass is 32.2. The zero-order chi connectivity index (χ0) is 19.0. The van der Waals surface area contributed by atoms with E-state index in [-0.39, 0.29) is 10.8 Å². The number of carbonyl (C=O) groups is 1. The van der Waals surface area contributed by atoms with Crippen molar-refractivity contribution < 1.29 is 17.6 Å². The lowest BCUT2D eigenvalue weighted by molar-refractivity contribution is 0.0726. The third kappa shape index (κ3) is 3.35. The van der Waals surface area contributed by atoms with Gasteiger partial charge in [0.05, 0.1) is 10.1 Å². The molecule has 0 spiro atoms. The number of aromatic nitrogens is 1. The molecule has 1 aromatic heterocycles. The number of amides is 1. The number of piperidine rings is 1. The summed E-state index contributed by atoms with van der Waals surface area (Å²) in [4.78, 5) is 17.7. The molecule has 7 heteroatoms. The monoisotopic (exact) mass is 386 g/mol. The van der Waals surface area contributed by atoms with Gasteiger partial charge in [0, 0.05) is 35.8 Å². The summed E-state index contributed by atoms with van der Waals surface area (Å²) in [5.74, 6) is -0.551. The molecule has 1 aliphatic heterocycles. The minimum atomic E-state index is -3.52. The largest absolute Gasteiger partial charge is 0.361 e. The summed E-state index contributed by atoms with van der Waals surface area (Å²) in [6, 6.07) is 12.3. The van der Waals surface area contributed by atoms with E-state index in [1.807, 2.05) is 24.4 Å². The van der Waals surface area contributed by atoms with Crippen molar-refractivity contribution in [2.24, 2.45) is 0 Å². The predicted octanol–water partition coefficient (Wildman–Crippen LogP) is 3.39. The van der Waals surface area contributed by atoms with Gasteiger partial charge < -0.3 is 9.88 Å². The number of hydrogen-bond acceptors (Lipinski definition) is 3. The molecule has 2 heterocycles. The van der Waals surface area contributed by atoms with Crippen molar-refractivity contribution in [2.45, 2.75) is 23.0 Å². The third-order valence-electron chi connectivity index (χ3n) is 5.11. The van der Waals surface area contributed by atoms with E-state index in [0.717, 1.165) is 23.0 Å². The van der Waals surface area contributed by atoms with E-state index in [4.69, 9.17) is 0 Å². The average Bonchev–Trinajstić information content (AvgIpc) is 3.15. The highest BCUT2D eigenvalue weighted by Gasteiger charge is 2.33. The zero-order valence-electron chi connectivity index (χ0n) is 14.6. The molecule has 27 heavy (non-hydrogen) atoms. The second kappa shape index (κ2) is 6.81. The van der Waals surface area contributed by atoms with Crippen LogP contribution in [0.5, 0.6) is 0 Å². The Hall–Kier alpha value is -2.67. The lowest BCUT2D eigenvalue weighted by Crippen LogP contribution is -2.42. The van der Waals surface area contributed by atoms with Gasteiger partial charge in [0.15, 0.2) is 9.84 Å². The van der Waals surface area contributed by atoms with E-state index in [9.17, 15) is 17.6 Å². The van der Waals surface area contributed by atoms with E-state index in [1.54, 1.807) is 11.0 Å². The maximum Gasteiger partial charge on any atom is 0.253 e. The molecular weight excluding hydrogens is 367 g/mol. The normalized spacial score (nSPS) is 16.0. The SMILES string of the molecule is O=C(c1ccc2[nH]ccc2c1)N1CCC(S(=O)(=O)c2ccc(F)cc2)CC1. The number of rotatable bonds is 3. The van der Waals surface area contributed by atoms with Crippen LogP contribution in [0.3, 0.4) is 0 Å². The Kier molecular flexibility index (Phi) is 4.47. The molecule has 1 fully saturated rings. The number of likely N-dealkylation sites (tertiary alicyclic amines) is 1. The first kappa shape index (κ1) is 17.7. The minimum absolute atomic E-state index is 0.0873. The summed E-state index contributed by atoms with van der Waals surface area (Å²) in [6.07, 6.45) is 2.57. The highest BCUT2D eigenvalue weighted by molar-refractivity contribution is 7.92. The maximum atomic E-state index is 13.1. The van der Waals surface area contributed by atoms with Gasteiger partial charge in [0.1, 0.15) is 5.82 Å². The topological polar surface area (TPSA) is 70.2 Å². The van der Waals surface area contributed by atoms with E-state index in [1.165, 1.54) is 12.1 Å². The first-order valence-electron chi connectivity index (χ1n) is 8.81. The lowest BCUT2D eigenvalue weighted by atomic mass is 10.1. The second-order valence-corrected chi connectivity index (χ2v) is 9.00. The number of hydrogen-bond donors (Lipinski definition) is 1. The molecule has 0 unspecified atom stereocenters. The molecule has 3 aromatic rings. The molecule has 0 radical (unpaired) electrons. The van der Waals surface area contributed by atoms with Gasteiger partial charge in [-0.25, -0.2) is 12.8 Å². The van der Waals surface area contributed by atoms with Gasteiger partial charge in [-0.2, -0.15) is 0 Å². The minimum Gasteiger partial charge on any atom is -0.361 e. The molecule has 1 amide bonds. The Morgan fingerprint density at radius 3 is 2.44 bits per heavy atom. The summed E-state index contributed by atoms with van der Waals surface area (Å²) >= 11 is 0. The fourth-order valence-electron chi connectivity index (χ4n) is 3.55. The van der Waals surface area contributed by atoms with Crippen molar-refractivity contribution in [3.05, 3.63) is 66.1 Å². The standard InChI is InChI=1S/C20H19FN2O3S/c21-16-2-4-17(5-3-16)27(25,26)18-8-11-23(12-9-18)20(24)15-1-6-19-14(13-15)7-10-22-19/h1-7,10,13,18,22H,8-9,11-12H2. The first-order chi connectivity index (χ1) is 12.9. The quantitative estimate of drug-likeness (QED) is 0.702. The summed E-state index contributed by atoms with van der Waals surface area (Å²) in [7, 11) is -3.52. The Balaban J connectivity index is 1.46. The molecule has 1 saturated heterocycles. The smallest absolute Gasteiger partial charge is 0.253 e. The lowest BCUT2D eigenvalue weighted by Gasteiger charge is -2.31. The van der Waals surface area contributed by atoms with Crippen molar-refractivity contribution in [3.63, 3.8) is 0 Å². The fourth-order valence-corrected chi connectivity index (χ4v) is 5.29. The van der Waals surface area contributed by atoms with Crippen LogP contribution in [0.25, 0.3) is 10.9 Å². The number of carbonyl (C=O) groups excluding carboxylic acids is 1. The molecule has 1 N–H and O–H groups in total. The van der Waals surface area contributed by atoms with E-state index in [2.05, 4.69) is 4.98 Å². The van der Waals surface area contributed by atoms with Gasteiger partial charge in [-0.3, -0.25) is 4.79 Å². The maximum absolute atomic E-state index is 13.1. The number of sulfone groups is 1. The highest BCUT2D eigenvalue weighted by Crippen LogP contribution is 2.26. The Morgan fingerprint density at radius 1 is 1.04 bits per heavy atom. The molecule has 2 aromatic carbocycles. The predicted molar refractivity (Wildman–Crippen MR) is 101 cm³/mol. The van der Waals surface area contributed by atoms with Crippen LogP contribution in [0.4, 0.5) is 4.39 Å². The van der Waals surface area contributed by atoms with E-state index >= 15 is 0 Å². The second-order valence-electron chi connectivity index (χ2n) is 6.77. The number of nitrogens with zero attached hydrogens (tertiary/aromatic N) is 1. The van der Waals surface area contributed by atoms with Gasteiger partial charge >= 0.3 is 0 Å². The Labute approximate surface area is 156 Å². The van der Waals surface area contributed by atoms with Crippen LogP contribution in [0.15, 0.2) is 59.6 Å². The third-order valence-corrected chi connectivity index (χ3v) is 7.39. The van der Waals surface area contributed by atoms with Crippen LogP contribution in [0.1, 0.15) is 23.2 Å². The Morgan fingerprint density at radius 2 is 1.74 bits per heavy atom. The molecule has 140 valence electrons. The van der Waals surface area contributed by atoms with Crippen LogP contribution in [-0.2, 0) is 9.84 Å². The first-order valence-corrected chi connectivity index (χ1v) is 10.4. The van der Waals surface area contributed by atoms with Crippen molar-refractivity contribution in [3.8, 4) is 0 Å². The molecular formula is C20H19FN2O3S. The number of nitrogens with one attached hydrogen (secondary N) is 1. The average molecular weight is 386 g/mol. The van der Waals surface area contributed by atoms with Crippen molar-refractivity contribution in [1.29, 1.82) is 0 Å². The molecule has 0 aliphatic carbocycles. The van der Waals surface area contributed by atoms with Crippen LogP contribution in [-0.4, -0.2) is 42.5 Å². The van der Waals surface area contributed by atoms with Crippen molar-refractivity contribution in [2.75, 3.05) is 13.1 Å². The van der Waals surface area contributed by atoms with Crippen LogP contribution in [0, 0.1) is 5.82 Å². The van der Waals surface area contributed by atoms with Crippen molar-refractivity contribution >= 4 is 26.6 Å². The molecule has 0 bridgehead atoms. The number of benzene rings is 2. The number of halogens is 1. The molecule has 1 aliphatic rings. The molecule has 0 saturated carbocycles. The van der Waals surface area contributed by atoms with Crippen LogP contribution >= 0.6 is 0 Å². The van der Waals surface area contributed by atoms with E-state index < -0.39 is 20.9 Å². The van der Waals surface area contributed by atoms with Gasteiger partial charge in [-0.1, -0.05) is 0 Å². The van der Waals surface area contributed by atoms with Gasteiger partial charge in [0.2, 0.25) is 0 Å². The van der Waals surface area contributed by atoms with Gasteiger partial charge in [-0.15, -0.1) is 0 Å². The van der Waals surface area contributed by atoms with Crippen LogP contribution < -0.4 is 0 Å². The summed E-state index contributed by atoms with van der Waals surface area (Å²) in [5.41, 5.74) is 1.57. The molecule has 5 nitrogen and oxygen atoms in total. The zero-order valence-corrected chi connectivity index (χ0v) is 15.4. The van der Waals surface area contributed by atoms with Crippen LogP contribution in [0.2, 0.25) is 0 Å². The summed E-state index contributed by atoms with van der Waals surface area (Å²) in [6.45, 7) is 0.768. The number of aromatic amines is 1. The van der Waals surface area contributed by atoms with Gasteiger partial charge in [0.25, 0.3) is 5.91 Å². The number of H-pyrrole nitrogens is 1. The summed E-state index contributed by atoms with van der Waals surface area (Å²) < 4.78 is 38.5. The van der Waals surface area contributed by atoms with Gasteiger partial charge in [-0.05, 0) is 61.4 Å².